The first kappa shape index (κ1) is 15.9. The van der Waals surface area contributed by atoms with Gasteiger partial charge in [0.25, 0.3) is 5.91 Å². The van der Waals surface area contributed by atoms with Crippen molar-refractivity contribution in [3.05, 3.63) is 78.0 Å². The van der Waals surface area contributed by atoms with Crippen LogP contribution in [-0.4, -0.2) is 32.1 Å². The Bertz CT molecular complexity index is 831. The Morgan fingerprint density at radius 2 is 2.12 bits per heavy atom. The molecule has 0 bridgehead atoms. The number of imidazole rings is 1. The largest absolute Gasteiger partial charge is 0.387 e. The minimum Gasteiger partial charge on any atom is -0.387 e. The quantitative estimate of drug-likeness (QED) is 0.753. The van der Waals surface area contributed by atoms with Crippen LogP contribution >= 0.6 is 0 Å². The molecular weight excluding hydrogens is 304 g/mol. The molecule has 1 unspecified atom stereocenters. The highest BCUT2D eigenvalue weighted by molar-refractivity contribution is 5.94. The lowest BCUT2D eigenvalue weighted by Gasteiger charge is -2.14. The monoisotopic (exact) mass is 322 g/mol. The Labute approximate surface area is 139 Å². The fourth-order valence-corrected chi connectivity index (χ4v) is 2.46. The number of carbonyl (C=O) groups is 1. The number of nitrogens with one attached hydrogen (secondary N) is 1. The van der Waals surface area contributed by atoms with Gasteiger partial charge < -0.3 is 10.4 Å². The number of aliphatic hydroxyl groups excluding tert-OH is 1. The van der Waals surface area contributed by atoms with Gasteiger partial charge in [-0.3, -0.25) is 9.36 Å². The number of carbonyl (C=O) groups excluding carboxylic acids is 1. The molecule has 0 saturated carbocycles. The van der Waals surface area contributed by atoms with Crippen molar-refractivity contribution in [1.29, 1.82) is 0 Å². The average Bonchev–Trinajstić information content (AvgIpc) is 3.14. The van der Waals surface area contributed by atoms with Gasteiger partial charge in [0.1, 0.15) is 12.1 Å². The van der Waals surface area contributed by atoms with Crippen LogP contribution in [0.25, 0.3) is 5.82 Å². The number of aliphatic hydroxyl groups is 1. The van der Waals surface area contributed by atoms with Crippen LogP contribution in [0.3, 0.4) is 0 Å². The van der Waals surface area contributed by atoms with Crippen LogP contribution in [0.15, 0.2) is 61.3 Å². The highest BCUT2D eigenvalue weighted by Gasteiger charge is 2.13. The second-order valence-corrected chi connectivity index (χ2v) is 5.46. The number of pyridine rings is 1. The first-order chi connectivity index (χ1) is 11.6. The maximum Gasteiger partial charge on any atom is 0.251 e. The van der Waals surface area contributed by atoms with E-state index >= 15 is 0 Å². The summed E-state index contributed by atoms with van der Waals surface area (Å²) in [5, 5.41) is 13.0. The van der Waals surface area contributed by atoms with Gasteiger partial charge in [-0.2, -0.15) is 0 Å². The third-order valence-corrected chi connectivity index (χ3v) is 3.78. The summed E-state index contributed by atoms with van der Waals surface area (Å²) in [6.45, 7) is 2.08. The van der Waals surface area contributed by atoms with Crippen LogP contribution in [0, 0.1) is 6.92 Å². The van der Waals surface area contributed by atoms with Gasteiger partial charge in [-0.05, 0) is 30.2 Å². The molecule has 24 heavy (non-hydrogen) atoms. The molecule has 2 aromatic heterocycles. The molecule has 0 aliphatic rings. The van der Waals surface area contributed by atoms with Gasteiger partial charge in [-0.25, -0.2) is 9.97 Å². The molecule has 2 N–H and O–H groups in total. The summed E-state index contributed by atoms with van der Waals surface area (Å²) < 4.78 is 1.72. The van der Waals surface area contributed by atoms with E-state index in [4.69, 9.17) is 0 Å². The van der Waals surface area contributed by atoms with Gasteiger partial charge in [-0.1, -0.05) is 24.3 Å². The minimum atomic E-state index is -0.745. The topological polar surface area (TPSA) is 80.0 Å². The first-order valence-corrected chi connectivity index (χ1v) is 7.61. The Hall–Kier alpha value is -2.99. The van der Waals surface area contributed by atoms with Crippen molar-refractivity contribution in [3.8, 4) is 5.82 Å². The summed E-state index contributed by atoms with van der Waals surface area (Å²) in [6.07, 6.45) is 5.84. The van der Waals surface area contributed by atoms with Crippen molar-refractivity contribution >= 4 is 5.91 Å². The summed E-state index contributed by atoms with van der Waals surface area (Å²) in [5.74, 6) is 0.353. The number of nitrogens with zero attached hydrogens (tertiary/aromatic N) is 3. The molecule has 6 heteroatoms. The lowest BCUT2D eigenvalue weighted by atomic mass is 10.0. The summed E-state index contributed by atoms with van der Waals surface area (Å²) in [6, 6.07) is 10.9. The van der Waals surface area contributed by atoms with Crippen LogP contribution in [0.1, 0.15) is 27.6 Å². The highest BCUT2D eigenvalue weighted by atomic mass is 16.3. The van der Waals surface area contributed by atoms with E-state index in [1.54, 1.807) is 41.6 Å². The Balaban J connectivity index is 1.67. The molecule has 0 aliphatic carbocycles. The van der Waals surface area contributed by atoms with Crippen LogP contribution < -0.4 is 5.32 Å². The molecule has 6 nitrogen and oxygen atoms in total. The van der Waals surface area contributed by atoms with Crippen molar-refractivity contribution < 1.29 is 9.90 Å². The van der Waals surface area contributed by atoms with Gasteiger partial charge in [-0.15, -0.1) is 0 Å². The number of benzene rings is 1. The predicted molar refractivity (Wildman–Crippen MR) is 89.8 cm³/mol. The van der Waals surface area contributed by atoms with Gasteiger partial charge in [0.2, 0.25) is 0 Å². The maximum absolute atomic E-state index is 12.3. The lowest BCUT2D eigenvalue weighted by Crippen LogP contribution is -2.28. The van der Waals surface area contributed by atoms with E-state index in [2.05, 4.69) is 15.3 Å². The Morgan fingerprint density at radius 1 is 1.29 bits per heavy atom. The molecule has 0 radical (unpaired) electrons. The van der Waals surface area contributed by atoms with Crippen molar-refractivity contribution in [2.75, 3.05) is 6.54 Å². The molecular formula is C18H18N4O2. The molecule has 1 atom stereocenters. The summed E-state index contributed by atoms with van der Waals surface area (Å²) >= 11 is 0. The molecule has 0 aliphatic heterocycles. The van der Waals surface area contributed by atoms with Crippen LogP contribution in [0.2, 0.25) is 0 Å². The number of hydrogen-bond donors (Lipinski definition) is 2. The number of aryl methyl sites for hydroxylation is 1. The minimum absolute atomic E-state index is 0.145. The van der Waals surface area contributed by atoms with Gasteiger partial charge in [0.05, 0.1) is 6.10 Å². The average molecular weight is 322 g/mol. The summed E-state index contributed by atoms with van der Waals surface area (Å²) in [7, 11) is 0. The van der Waals surface area contributed by atoms with E-state index in [-0.39, 0.29) is 12.5 Å². The van der Waals surface area contributed by atoms with Gasteiger partial charge in [0.15, 0.2) is 0 Å². The number of aromatic nitrogens is 3. The molecule has 1 amide bonds. The normalized spacial score (nSPS) is 11.9. The zero-order valence-corrected chi connectivity index (χ0v) is 13.3. The van der Waals surface area contributed by atoms with Crippen molar-refractivity contribution in [1.82, 2.24) is 19.9 Å². The number of amides is 1. The highest BCUT2D eigenvalue weighted by Crippen LogP contribution is 2.16. The second-order valence-electron chi connectivity index (χ2n) is 5.46. The number of hydrogen-bond acceptors (Lipinski definition) is 4. The zero-order chi connectivity index (χ0) is 16.9. The second kappa shape index (κ2) is 7.06. The predicted octanol–water partition coefficient (Wildman–Crippen LogP) is 2.04. The van der Waals surface area contributed by atoms with E-state index in [1.165, 1.54) is 0 Å². The molecule has 0 saturated heterocycles. The Kier molecular flexibility index (Phi) is 4.67. The molecule has 2 heterocycles. The van der Waals surface area contributed by atoms with E-state index in [1.807, 2.05) is 31.2 Å². The van der Waals surface area contributed by atoms with Crippen LogP contribution in [0.4, 0.5) is 0 Å². The van der Waals surface area contributed by atoms with Gasteiger partial charge >= 0.3 is 0 Å². The van der Waals surface area contributed by atoms with Crippen LogP contribution in [0.5, 0.6) is 0 Å². The van der Waals surface area contributed by atoms with E-state index in [0.717, 1.165) is 11.1 Å². The molecule has 122 valence electrons. The van der Waals surface area contributed by atoms with Crippen molar-refractivity contribution in [2.24, 2.45) is 0 Å². The standard InChI is InChI=1S/C18H18N4O2/c1-13-4-2-3-5-15(13)16(23)11-21-18(24)14-6-7-20-17(10-14)22-9-8-19-12-22/h2-10,12,16,23H,11H2,1H3,(H,21,24). The van der Waals surface area contributed by atoms with E-state index in [9.17, 15) is 9.90 Å². The Morgan fingerprint density at radius 3 is 2.88 bits per heavy atom. The zero-order valence-electron chi connectivity index (χ0n) is 13.3. The van der Waals surface area contributed by atoms with Crippen molar-refractivity contribution in [3.63, 3.8) is 0 Å². The first-order valence-electron chi connectivity index (χ1n) is 7.61. The van der Waals surface area contributed by atoms with Crippen LogP contribution in [-0.2, 0) is 0 Å². The fourth-order valence-electron chi connectivity index (χ4n) is 2.46. The maximum atomic E-state index is 12.3. The smallest absolute Gasteiger partial charge is 0.251 e. The van der Waals surface area contributed by atoms with Gasteiger partial charge in [0, 0.05) is 30.7 Å². The molecule has 0 spiro atoms. The third-order valence-electron chi connectivity index (χ3n) is 3.78. The number of rotatable bonds is 5. The fraction of sp³-hybridized carbons (Fsp3) is 0.167. The summed E-state index contributed by atoms with van der Waals surface area (Å²) in [4.78, 5) is 20.5. The van der Waals surface area contributed by atoms with Crippen molar-refractivity contribution in [2.45, 2.75) is 13.0 Å². The summed E-state index contributed by atoms with van der Waals surface area (Å²) in [5.41, 5.74) is 2.28. The SMILES string of the molecule is Cc1ccccc1C(O)CNC(=O)c1ccnc(-n2ccnc2)c1. The third kappa shape index (κ3) is 3.49. The molecule has 1 aromatic carbocycles. The molecule has 3 aromatic rings. The molecule has 0 fully saturated rings. The lowest BCUT2D eigenvalue weighted by molar-refractivity contribution is 0.0916. The molecule has 3 rings (SSSR count). The van der Waals surface area contributed by atoms with E-state index in [0.29, 0.717) is 11.4 Å². The van der Waals surface area contributed by atoms with E-state index < -0.39 is 6.10 Å².